The number of hydrogen-bond donors (Lipinski definition) is 1. The summed E-state index contributed by atoms with van der Waals surface area (Å²) in [4.78, 5) is 11.3. The predicted octanol–water partition coefficient (Wildman–Crippen LogP) is 2.19. The average molecular weight is 311 g/mol. The number of tetrazole rings is 1. The van der Waals surface area contributed by atoms with E-state index in [4.69, 9.17) is 16.3 Å². The lowest BCUT2D eigenvalue weighted by molar-refractivity contribution is -0.142. The summed E-state index contributed by atoms with van der Waals surface area (Å²) in [6.07, 6.45) is 0. The van der Waals surface area contributed by atoms with Crippen molar-refractivity contribution < 1.29 is 14.6 Å². The van der Waals surface area contributed by atoms with Crippen LogP contribution in [0.25, 0.3) is 0 Å². The van der Waals surface area contributed by atoms with E-state index in [-0.39, 0.29) is 12.5 Å². The van der Waals surface area contributed by atoms with E-state index in [0.717, 1.165) is 0 Å². The number of hydrogen-bond acceptors (Lipinski definition) is 5. The average Bonchev–Trinajstić information content (AvgIpc) is 2.85. The van der Waals surface area contributed by atoms with Gasteiger partial charge < -0.3 is 9.84 Å². The van der Waals surface area contributed by atoms with Crippen molar-refractivity contribution in [1.29, 1.82) is 0 Å². The molecule has 1 aromatic heterocycles. The maximum absolute atomic E-state index is 11.3. The number of ether oxygens (including phenoxy) is 1. The summed E-state index contributed by atoms with van der Waals surface area (Å²) in [5, 5.41) is 21.0. The second kappa shape index (κ2) is 6.53. The van der Waals surface area contributed by atoms with Crippen LogP contribution in [0.3, 0.4) is 0 Å². The quantitative estimate of drug-likeness (QED) is 0.879. The molecule has 0 radical (unpaired) electrons. The van der Waals surface area contributed by atoms with Gasteiger partial charge in [-0.25, -0.2) is 9.48 Å². The summed E-state index contributed by atoms with van der Waals surface area (Å²) in [5.41, 5.74) is 0. The molecule has 0 spiro atoms. The molecule has 7 nitrogen and oxygen atoms in total. The monoisotopic (exact) mass is 310 g/mol. The Balaban J connectivity index is 2.13. The van der Waals surface area contributed by atoms with Gasteiger partial charge in [-0.05, 0) is 40.6 Å². The number of aliphatic carboxylic acids is 1. The zero-order chi connectivity index (χ0) is 15.4. The number of carboxylic acid groups (broad SMARTS) is 1. The lowest BCUT2D eigenvalue weighted by atomic mass is 10.1. The fraction of sp³-hybridized carbons (Fsp3) is 0.385. The molecule has 21 heavy (non-hydrogen) atoms. The molecule has 8 heteroatoms. The van der Waals surface area contributed by atoms with Crippen molar-refractivity contribution in [3.8, 4) is 5.75 Å². The van der Waals surface area contributed by atoms with E-state index in [1.807, 2.05) is 0 Å². The first-order chi connectivity index (χ1) is 9.99. The van der Waals surface area contributed by atoms with Crippen molar-refractivity contribution in [3.63, 3.8) is 0 Å². The first kappa shape index (κ1) is 15.2. The molecule has 1 unspecified atom stereocenters. The van der Waals surface area contributed by atoms with Crippen LogP contribution in [0.5, 0.6) is 5.75 Å². The number of carboxylic acids is 1. The smallest absolute Gasteiger partial charge is 0.328 e. The molecule has 0 saturated carbocycles. The number of rotatable bonds is 6. The van der Waals surface area contributed by atoms with Gasteiger partial charge in [0.25, 0.3) is 0 Å². The summed E-state index contributed by atoms with van der Waals surface area (Å²) in [6.45, 7) is 3.67. The van der Waals surface area contributed by atoms with Crippen molar-refractivity contribution in [1.82, 2.24) is 20.2 Å². The van der Waals surface area contributed by atoms with Crippen LogP contribution in [-0.2, 0) is 11.4 Å². The van der Waals surface area contributed by atoms with Crippen LogP contribution in [0.15, 0.2) is 24.3 Å². The molecule has 1 atom stereocenters. The molecule has 2 rings (SSSR count). The molecule has 0 amide bonds. The van der Waals surface area contributed by atoms with Gasteiger partial charge in [0, 0.05) is 5.02 Å². The molecular formula is C13H15ClN4O3. The lowest BCUT2D eigenvalue weighted by Gasteiger charge is -2.17. The van der Waals surface area contributed by atoms with E-state index in [1.54, 1.807) is 38.1 Å². The highest BCUT2D eigenvalue weighted by Gasteiger charge is 2.27. The fourth-order valence-corrected chi connectivity index (χ4v) is 2.00. The molecule has 1 aromatic carbocycles. The standard InChI is InChI=1S/C13H15ClN4O3/c1-8(2)12(13(19)20)18-11(15-16-17-18)7-21-10-5-3-9(14)4-6-10/h3-6,8,12H,7H2,1-2H3,(H,19,20). The third-order valence-corrected chi connectivity index (χ3v) is 3.14. The normalized spacial score (nSPS) is 12.4. The lowest BCUT2D eigenvalue weighted by Crippen LogP contribution is -2.27. The number of halogens is 1. The SMILES string of the molecule is CC(C)C(C(=O)O)n1nnnc1COc1ccc(Cl)cc1. The van der Waals surface area contributed by atoms with Gasteiger partial charge in [0.1, 0.15) is 12.4 Å². The summed E-state index contributed by atoms with van der Waals surface area (Å²) in [7, 11) is 0. The van der Waals surface area contributed by atoms with Gasteiger partial charge in [-0.15, -0.1) is 5.10 Å². The highest BCUT2D eigenvalue weighted by atomic mass is 35.5. The maximum atomic E-state index is 11.3. The minimum absolute atomic E-state index is 0.0745. The Bertz CT molecular complexity index is 612. The molecule has 1 N–H and O–H groups in total. The summed E-state index contributed by atoms with van der Waals surface area (Å²) in [5.74, 6) is -0.179. The summed E-state index contributed by atoms with van der Waals surface area (Å²) >= 11 is 5.79. The Morgan fingerprint density at radius 1 is 1.38 bits per heavy atom. The molecule has 0 fully saturated rings. The predicted molar refractivity (Wildman–Crippen MR) is 75.1 cm³/mol. The van der Waals surface area contributed by atoms with Crippen LogP contribution in [0, 0.1) is 5.92 Å². The van der Waals surface area contributed by atoms with Gasteiger partial charge >= 0.3 is 5.97 Å². The van der Waals surface area contributed by atoms with Gasteiger partial charge in [0.15, 0.2) is 11.9 Å². The third-order valence-electron chi connectivity index (χ3n) is 2.89. The summed E-state index contributed by atoms with van der Waals surface area (Å²) in [6, 6.07) is 6.01. The second-order valence-electron chi connectivity index (χ2n) is 4.81. The van der Waals surface area contributed by atoms with Gasteiger partial charge in [0.2, 0.25) is 0 Å². The third kappa shape index (κ3) is 3.69. The Labute approximate surface area is 126 Å². The Kier molecular flexibility index (Phi) is 4.74. The molecule has 112 valence electrons. The first-order valence-electron chi connectivity index (χ1n) is 6.37. The van der Waals surface area contributed by atoms with Crippen molar-refractivity contribution >= 4 is 17.6 Å². The summed E-state index contributed by atoms with van der Waals surface area (Å²) < 4.78 is 6.82. The van der Waals surface area contributed by atoms with Crippen molar-refractivity contribution in [2.75, 3.05) is 0 Å². The number of carbonyl (C=O) groups is 1. The van der Waals surface area contributed by atoms with Crippen molar-refractivity contribution in [3.05, 3.63) is 35.1 Å². The van der Waals surface area contributed by atoms with E-state index < -0.39 is 12.0 Å². The fourth-order valence-electron chi connectivity index (χ4n) is 1.87. The molecule has 2 aromatic rings. The van der Waals surface area contributed by atoms with E-state index in [1.165, 1.54) is 4.68 Å². The van der Waals surface area contributed by atoms with Crippen LogP contribution in [0.1, 0.15) is 25.7 Å². The van der Waals surface area contributed by atoms with Crippen LogP contribution >= 0.6 is 11.6 Å². The Morgan fingerprint density at radius 2 is 2.05 bits per heavy atom. The Morgan fingerprint density at radius 3 is 2.62 bits per heavy atom. The van der Waals surface area contributed by atoms with Gasteiger partial charge in [-0.3, -0.25) is 0 Å². The van der Waals surface area contributed by atoms with E-state index in [2.05, 4.69) is 15.5 Å². The largest absolute Gasteiger partial charge is 0.486 e. The Hall–Kier alpha value is -2.15. The van der Waals surface area contributed by atoms with Crippen LogP contribution in [0.2, 0.25) is 5.02 Å². The molecule has 0 aliphatic heterocycles. The van der Waals surface area contributed by atoms with Crippen LogP contribution < -0.4 is 4.74 Å². The molecule has 1 heterocycles. The van der Waals surface area contributed by atoms with E-state index >= 15 is 0 Å². The molecule has 0 saturated heterocycles. The number of aromatic nitrogens is 4. The molecule has 0 aliphatic rings. The van der Waals surface area contributed by atoms with Crippen LogP contribution in [0.4, 0.5) is 0 Å². The van der Waals surface area contributed by atoms with E-state index in [9.17, 15) is 9.90 Å². The number of nitrogens with zero attached hydrogens (tertiary/aromatic N) is 4. The first-order valence-corrected chi connectivity index (χ1v) is 6.74. The zero-order valence-electron chi connectivity index (χ0n) is 11.6. The topological polar surface area (TPSA) is 90.1 Å². The van der Waals surface area contributed by atoms with Crippen molar-refractivity contribution in [2.45, 2.75) is 26.5 Å². The highest BCUT2D eigenvalue weighted by molar-refractivity contribution is 6.30. The van der Waals surface area contributed by atoms with E-state index in [0.29, 0.717) is 16.6 Å². The minimum atomic E-state index is -0.981. The molecule has 0 aliphatic carbocycles. The van der Waals surface area contributed by atoms with Crippen molar-refractivity contribution in [2.24, 2.45) is 5.92 Å². The van der Waals surface area contributed by atoms with Gasteiger partial charge in [-0.2, -0.15) is 0 Å². The highest BCUT2D eigenvalue weighted by Crippen LogP contribution is 2.20. The number of benzene rings is 1. The minimum Gasteiger partial charge on any atom is -0.486 e. The maximum Gasteiger partial charge on any atom is 0.328 e. The van der Waals surface area contributed by atoms with Gasteiger partial charge in [0.05, 0.1) is 0 Å². The van der Waals surface area contributed by atoms with Gasteiger partial charge in [-0.1, -0.05) is 25.4 Å². The van der Waals surface area contributed by atoms with Crippen LogP contribution in [-0.4, -0.2) is 31.3 Å². The second-order valence-corrected chi connectivity index (χ2v) is 5.25. The molecular weight excluding hydrogens is 296 g/mol. The zero-order valence-corrected chi connectivity index (χ0v) is 12.4. The molecule has 0 bridgehead atoms.